The molecule has 1 fully saturated rings. The Morgan fingerprint density at radius 1 is 1.30 bits per heavy atom. The lowest BCUT2D eigenvalue weighted by atomic mass is 9.75. The Labute approximate surface area is 202 Å². The lowest BCUT2D eigenvalue weighted by molar-refractivity contribution is -0.00951. The zero-order valence-corrected chi connectivity index (χ0v) is 21.1. The molecule has 0 aliphatic carbocycles. The van der Waals surface area contributed by atoms with E-state index in [0.717, 1.165) is 26.6 Å². The summed E-state index contributed by atoms with van der Waals surface area (Å²) in [4.78, 5) is 23.9. The molecule has 2 N–H and O–H groups in total. The molecule has 0 radical (unpaired) electrons. The number of benzene rings is 1. The van der Waals surface area contributed by atoms with Gasteiger partial charge in [-0.3, -0.25) is 4.68 Å². The number of fused-ring (bicyclic) bond motifs is 1. The molecule has 2 unspecified atom stereocenters. The maximum absolute atomic E-state index is 11.4. The Balaban J connectivity index is 1.55. The summed E-state index contributed by atoms with van der Waals surface area (Å²) < 4.78 is 7.22. The molecule has 33 heavy (non-hydrogen) atoms. The van der Waals surface area contributed by atoms with Gasteiger partial charge in [0.1, 0.15) is 16.4 Å². The first-order valence-corrected chi connectivity index (χ1v) is 12.0. The van der Waals surface area contributed by atoms with Crippen molar-refractivity contribution in [2.24, 2.45) is 18.2 Å². The Kier molecular flexibility index (Phi) is 6.22. The molecule has 10 heteroatoms. The van der Waals surface area contributed by atoms with Crippen LogP contribution in [0.15, 0.2) is 40.6 Å². The van der Waals surface area contributed by atoms with Crippen LogP contribution >= 0.6 is 23.4 Å². The van der Waals surface area contributed by atoms with E-state index < -0.39 is 11.7 Å². The quantitative estimate of drug-likeness (QED) is 0.549. The van der Waals surface area contributed by atoms with Gasteiger partial charge < -0.3 is 15.4 Å². The maximum atomic E-state index is 11.4. The standard InChI is InChI=1S/C23H29ClN6O2S/c1-22(2,3)17-10-23(4,32-21(25)31)8-9-30(17)18-11-27-19(12-26-18)33-16-7-6-15-14(20(16)24)13-29(5)28-15/h6-7,11-13,17H,8-10H2,1-5H3,(H2,25,31). The van der Waals surface area contributed by atoms with Crippen LogP contribution in [0.4, 0.5) is 10.6 Å². The third-order valence-electron chi connectivity index (χ3n) is 6.06. The molecule has 1 aromatic carbocycles. The summed E-state index contributed by atoms with van der Waals surface area (Å²) in [6, 6.07) is 4.02. The normalized spacial score (nSPS) is 21.4. The molecule has 8 nitrogen and oxygen atoms in total. The molecule has 2 atom stereocenters. The molecule has 0 bridgehead atoms. The molecule has 2 aromatic heterocycles. The molecule has 176 valence electrons. The molecule has 1 aliphatic heterocycles. The van der Waals surface area contributed by atoms with Crippen LogP contribution in [0.5, 0.6) is 0 Å². The van der Waals surface area contributed by atoms with Gasteiger partial charge in [-0.25, -0.2) is 14.8 Å². The van der Waals surface area contributed by atoms with Crippen molar-refractivity contribution in [1.29, 1.82) is 0 Å². The van der Waals surface area contributed by atoms with E-state index in [9.17, 15) is 4.79 Å². The van der Waals surface area contributed by atoms with Crippen LogP contribution in [0.1, 0.15) is 40.5 Å². The van der Waals surface area contributed by atoms with Gasteiger partial charge >= 0.3 is 6.09 Å². The topological polar surface area (TPSA) is 99.2 Å². The van der Waals surface area contributed by atoms with Gasteiger partial charge in [0.15, 0.2) is 0 Å². The number of piperidine rings is 1. The fourth-order valence-electron chi connectivity index (χ4n) is 4.38. The van der Waals surface area contributed by atoms with Crippen LogP contribution in [0.2, 0.25) is 5.02 Å². The molecule has 3 heterocycles. The second kappa shape index (κ2) is 8.68. The van der Waals surface area contributed by atoms with Crippen LogP contribution in [0.3, 0.4) is 0 Å². The van der Waals surface area contributed by atoms with E-state index in [1.807, 2.05) is 32.3 Å². The van der Waals surface area contributed by atoms with E-state index in [1.165, 1.54) is 11.8 Å². The number of rotatable bonds is 4. The van der Waals surface area contributed by atoms with Crippen molar-refractivity contribution in [2.45, 2.75) is 62.1 Å². The van der Waals surface area contributed by atoms with Crippen molar-refractivity contribution in [3.05, 3.63) is 35.7 Å². The van der Waals surface area contributed by atoms with Crippen molar-refractivity contribution >= 4 is 46.2 Å². The number of aromatic nitrogens is 4. The van der Waals surface area contributed by atoms with E-state index in [-0.39, 0.29) is 11.5 Å². The molecule has 0 spiro atoms. The summed E-state index contributed by atoms with van der Waals surface area (Å²) in [5.41, 5.74) is 5.52. The maximum Gasteiger partial charge on any atom is 0.405 e. The number of amides is 1. The first kappa shape index (κ1) is 23.6. The van der Waals surface area contributed by atoms with Crippen LogP contribution in [-0.2, 0) is 11.8 Å². The van der Waals surface area contributed by atoms with Crippen LogP contribution in [0.25, 0.3) is 10.9 Å². The number of carbonyl (C=O) groups is 1. The minimum absolute atomic E-state index is 0.0650. The second-order valence-corrected chi connectivity index (χ2v) is 11.3. The van der Waals surface area contributed by atoms with Gasteiger partial charge in [0, 0.05) is 49.0 Å². The zero-order valence-electron chi connectivity index (χ0n) is 19.5. The van der Waals surface area contributed by atoms with E-state index in [1.54, 1.807) is 17.1 Å². The van der Waals surface area contributed by atoms with E-state index in [2.05, 4.69) is 35.8 Å². The van der Waals surface area contributed by atoms with Crippen molar-refractivity contribution in [2.75, 3.05) is 11.4 Å². The number of carbonyl (C=O) groups excluding carboxylic acids is 1. The summed E-state index contributed by atoms with van der Waals surface area (Å²) in [6.07, 6.45) is 6.09. The summed E-state index contributed by atoms with van der Waals surface area (Å²) >= 11 is 8.09. The summed E-state index contributed by atoms with van der Waals surface area (Å²) in [7, 11) is 1.88. The third-order valence-corrected chi connectivity index (χ3v) is 7.55. The molecule has 4 rings (SSSR count). The van der Waals surface area contributed by atoms with Crippen molar-refractivity contribution in [3.8, 4) is 0 Å². The predicted octanol–water partition coefficient (Wildman–Crippen LogP) is 5.04. The number of nitrogens with zero attached hydrogens (tertiary/aromatic N) is 5. The van der Waals surface area contributed by atoms with E-state index >= 15 is 0 Å². The molecule has 3 aromatic rings. The van der Waals surface area contributed by atoms with Crippen molar-refractivity contribution in [3.63, 3.8) is 0 Å². The van der Waals surface area contributed by atoms with Crippen LogP contribution < -0.4 is 10.6 Å². The highest BCUT2D eigenvalue weighted by molar-refractivity contribution is 7.99. The summed E-state index contributed by atoms with van der Waals surface area (Å²) in [5.74, 6) is 0.800. The van der Waals surface area contributed by atoms with E-state index in [4.69, 9.17) is 27.1 Å². The Morgan fingerprint density at radius 2 is 2.06 bits per heavy atom. The SMILES string of the molecule is Cn1cc2c(Cl)c(Sc3cnc(N4CCC(C)(OC(N)=O)CC4C(C)(C)C)cn3)ccc2n1. The Bertz CT molecular complexity index is 1180. The van der Waals surface area contributed by atoms with Crippen LogP contribution in [0, 0.1) is 5.41 Å². The van der Waals surface area contributed by atoms with Gasteiger partial charge in [-0.1, -0.05) is 44.1 Å². The number of nitrogens with two attached hydrogens (primary N) is 1. The van der Waals surface area contributed by atoms with Crippen molar-refractivity contribution in [1.82, 2.24) is 19.7 Å². The smallest absolute Gasteiger partial charge is 0.405 e. The van der Waals surface area contributed by atoms with Gasteiger partial charge in [-0.2, -0.15) is 5.10 Å². The van der Waals surface area contributed by atoms with Crippen molar-refractivity contribution < 1.29 is 9.53 Å². The molecule has 1 saturated heterocycles. The molecule has 1 aliphatic rings. The fraction of sp³-hybridized carbons (Fsp3) is 0.478. The third kappa shape index (κ3) is 5.04. The fourth-order valence-corrected chi connectivity index (χ4v) is 5.47. The molecule has 0 saturated carbocycles. The largest absolute Gasteiger partial charge is 0.443 e. The van der Waals surface area contributed by atoms with Gasteiger partial charge in [0.2, 0.25) is 0 Å². The second-order valence-electron chi connectivity index (χ2n) is 9.83. The number of aryl methyl sites for hydroxylation is 1. The number of ether oxygens (including phenoxy) is 1. The van der Waals surface area contributed by atoms with Crippen LogP contribution in [-0.4, -0.2) is 44.0 Å². The first-order chi connectivity index (χ1) is 15.4. The summed E-state index contributed by atoms with van der Waals surface area (Å²) in [5, 5.41) is 6.73. The summed E-state index contributed by atoms with van der Waals surface area (Å²) in [6.45, 7) is 9.16. The van der Waals surface area contributed by atoms with Gasteiger partial charge in [-0.05, 0) is 24.5 Å². The van der Waals surface area contributed by atoms with Gasteiger partial charge in [0.25, 0.3) is 0 Å². The highest BCUT2D eigenvalue weighted by Gasteiger charge is 2.44. The lowest BCUT2D eigenvalue weighted by Crippen LogP contribution is -2.56. The minimum atomic E-state index is -0.733. The van der Waals surface area contributed by atoms with Gasteiger partial charge in [-0.15, -0.1) is 0 Å². The average Bonchev–Trinajstić information content (AvgIpc) is 3.11. The first-order valence-electron chi connectivity index (χ1n) is 10.8. The number of anilines is 1. The van der Waals surface area contributed by atoms with Gasteiger partial charge in [0.05, 0.1) is 22.9 Å². The zero-order chi connectivity index (χ0) is 24.0. The number of primary amides is 1. The molecular formula is C23H29ClN6O2S. The van der Waals surface area contributed by atoms with E-state index in [0.29, 0.717) is 24.4 Å². The predicted molar refractivity (Wildman–Crippen MR) is 131 cm³/mol. The number of hydrogen-bond acceptors (Lipinski definition) is 7. The molecule has 1 amide bonds. The average molecular weight is 489 g/mol. The highest BCUT2D eigenvalue weighted by atomic mass is 35.5. The Hall–Kier alpha value is -2.52. The number of hydrogen-bond donors (Lipinski definition) is 1. The lowest BCUT2D eigenvalue weighted by Gasteiger charge is -2.49. The monoisotopic (exact) mass is 488 g/mol. The molecular weight excluding hydrogens is 460 g/mol. The highest BCUT2D eigenvalue weighted by Crippen LogP contribution is 2.41. The number of halogens is 1. The Morgan fingerprint density at radius 3 is 2.70 bits per heavy atom. The minimum Gasteiger partial charge on any atom is -0.443 e.